The molecular formula is C13H17Cl2F3N2O2S. The molecule has 1 fully saturated rings. The zero-order valence-corrected chi connectivity index (χ0v) is 14.3. The Balaban J connectivity index is 0.00000264. The van der Waals surface area contributed by atoms with Crippen LogP contribution in [0.4, 0.5) is 13.2 Å². The molecule has 1 aromatic carbocycles. The van der Waals surface area contributed by atoms with Gasteiger partial charge in [-0.3, -0.25) is 0 Å². The van der Waals surface area contributed by atoms with Crippen molar-refractivity contribution in [2.75, 3.05) is 0 Å². The highest BCUT2D eigenvalue weighted by Gasteiger charge is 2.33. The fourth-order valence-corrected chi connectivity index (χ4v) is 4.24. The Kier molecular flexibility index (Phi) is 6.74. The zero-order valence-electron chi connectivity index (χ0n) is 11.9. The van der Waals surface area contributed by atoms with Crippen LogP contribution in [0.3, 0.4) is 0 Å². The second-order valence-electron chi connectivity index (χ2n) is 5.38. The molecule has 132 valence electrons. The van der Waals surface area contributed by atoms with E-state index < -0.39 is 26.7 Å². The van der Waals surface area contributed by atoms with Crippen LogP contribution in [0.1, 0.15) is 31.2 Å². The molecule has 0 aromatic heterocycles. The summed E-state index contributed by atoms with van der Waals surface area (Å²) < 4.78 is 65.1. The van der Waals surface area contributed by atoms with Gasteiger partial charge >= 0.3 is 6.18 Å². The van der Waals surface area contributed by atoms with Crippen molar-refractivity contribution in [1.82, 2.24) is 4.72 Å². The maximum atomic E-state index is 12.7. The van der Waals surface area contributed by atoms with E-state index in [1.165, 1.54) is 0 Å². The summed E-state index contributed by atoms with van der Waals surface area (Å²) in [4.78, 5) is -0.557. The van der Waals surface area contributed by atoms with E-state index in [2.05, 4.69) is 4.72 Å². The van der Waals surface area contributed by atoms with E-state index in [9.17, 15) is 21.6 Å². The molecule has 0 saturated heterocycles. The SMILES string of the molecule is Cl.NC1CCC(NS(=O)(=O)c2cc(C(F)(F)F)ccc2Cl)CC1. The predicted molar refractivity (Wildman–Crippen MR) is 84.3 cm³/mol. The molecule has 0 amide bonds. The average molecular weight is 393 g/mol. The summed E-state index contributed by atoms with van der Waals surface area (Å²) in [5.74, 6) is 0. The number of nitrogens with one attached hydrogen (secondary N) is 1. The molecule has 1 aliphatic rings. The normalized spacial score (nSPS) is 22.5. The van der Waals surface area contributed by atoms with Crippen LogP contribution < -0.4 is 10.5 Å². The molecule has 10 heteroatoms. The van der Waals surface area contributed by atoms with Crippen LogP contribution >= 0.6 is 24.0 Å². The number of nitrogens with two attached hydrogens (primary N) is 1. The number of hydrogen-bond donors (Lipinski definition) is 2. The summed E-state index contributed by atoms with van der Waals surface area (Å²) in [6.07, 6.45) is -2.19. The minimum absolute atomic E-state index is 0. The fraction of sp³-hybridized carbons (Fsp3) is 0.538. The van der Waals surface area contributed by atoms with Crippen molar-refractivity contribution >= 4 is 34.0 Å². The quantitative estimate of drug-likeness (QED) is 0.828. The number of rotatable bonds is 3. The smallest absolute Gasteiger partial charge is 0.328 e. The van der Waals surface area contributed by atoms with Crippen LogP contribution in [0, 0.1) is 0 Å². The number of benzene rings is 1. The lowest BCUT2D eigenvalue weighted by atomic mass is 9.93. The molecule has 0 spiro atoms. The molecule has 1 saturated carbocycles. The maximum Gasteiger partial charge on any atom is 0.416 e. The van der Waals surface area contributed by atoms with E-state index in [-0.39, 0.29) is 29.5 Å². The lowest BCUT2D eigenvalue weighted by Gasteiger charge is -2.26. The molecule has 1 aromatic rings. The van der Waals surface area contributed by atoms with Crippen LogP contribution in [0.25, 0.3) is 0 Å². The Morgan fingerprint density at radius 1 is 1.17 bits per heavy atom. The minimum atomic E-state index is -4.63. The van der Waals surface area contributed by atoms with Crippen molar-refractivity contribution in [2.24, 2.45) is 5.73 Å². The van der Waals surface area contributed by atoms with E-state index >= 15 is 0 Å². The lowest BCUT2D eigenvalue weighted by Crippen LogP contribution is -2.40. The van der Waals surface area contributed by atoms with Crippen molar-refractivity contribution in [3.63, 3.8) is 0 Å². The van der Waals surface area contributed by atoms with Crippen molar-refractivity contribution in [3.8, 4) is 0 Å². The Bertz CT molecular complexity index is 645. The average Bonchev–Trinajstić information content (AvgIpc) is 2.40. The first kappa shape index (κ1) is 20.5. The van der Waals surface area contributed by atoms with Gasteiger partial charge in [-0.2, -0.15) is 13.2 Å². The number of sulfonamides is 1. The number of alkyl halides is 3. The Morgan fingerprint density at radius 2 is 1.74 bits per heavy atom. The van der Waals surface area contributed by atoms with Crippen LogP contribution in [0.2, 0.25) is 5.02 Å². The van der Waals surface area contributed by atoms with Gasteiger partial charge in [0.2, 0.25) is 10.0 Å². The summed E-state index contributed by atoms with van der Waals surface area (Å²) in [6.45, 7) is 0. The Labute approximate surface area is 144 Å². The van der Waals surface area contributed by atoms with Crippen molar-refractivity contribution in [3.05, 3.63) is 28.8 Å². The molecule has 0 unspecified atom stereocenters. The standard InChI is InChI=1S/C13H16ClF3N2O2S.ClH/c14-11-6-1-8(13(15,16)17)7-12(11)22(20,21)19-10-4-2-9(18)3-5-10;/h1,6-7,9-10,19H,2-5,18H2;1H. The first-order valence-electron chi connectivity index (χ1n) is 6.74. The molecule has 0 atom stereocenters. The first-order valence-corrected chi connectivity index (χ1v) is 8.60. The van der Waals surface area contributed by atoms with E-state index in [0.29, 0.717) is 31.7 Å². The van der Waals surface area contributed by atoms with Gasteiger partial charge in [-0.1, -0.05) is 11.6 Å². The highest BCUT2D eigenvalue weighted by Crippen LogP contribution is 2.33. The summed E-state index contributed by atoms with van der Waals surface area (Å²) in [5.41, 5.74) is 4.69. The highest BCUT2D eigenvalue weighted by atomic mass is 35.5. The van der Waals surface area contributed by atoms with Crippen molar-refractivity contribution in [1.29, 1.82) is 0 Å². The van der Waals surface area contributed by atoms with Gasteiger partial charge in [-0.05, 0) is 43.9 Å². The molecule has 4 nitrogen and oxygen atoms in total. The van der Waals surface area contributed by atoms with Gasteiger partial charge in [0, 0.05) is 12.1 Å². The van der Waals surface area contributed by atoms with E-state index in [0.717, 1.165) is 12.1 Å². The largest absolute Gasteiger partial charge is 0.416 e. The van der Waals surface area contributed by atoms with Gasteiger partial charge in [-0.25, -0.2) is 13.1 Å². The van der Waals surface area contributed by atoms with E-state index in [4.69, 9.17) is 17.3 Å². The Morgan fingerprint density at radius 3 is 2.26 bits per heavy atom. The van der Waals surface area contributed by atoms with Crippen LogP contribution in [0.5, 0.6) is 0 Å². The van der Waals surface area contributed by atoms with Crippen molar-refractivity contribution < 1.29 is 21.6 Å². The minimum Gasteiger partial charge on any atom is -0.328 e. The molecule has 0 heterocycles. The van der Waals surface area contributed by atoms with Gasteiger partial charge in [0.1, 0.15) is 4.90 Å². The summed E-state index contributed by atoms with van der Waals surface area (Å²) >= 11 is 5.77. The van der Waals surface area contributed by atoms with Crippen LogP contribution in [-0.4, -0.2) is 20.5 Å². The number of halogens is 5. The van der Waals surface area contributed by atoms with Gasteiger partial charge in [0.25, 0.3) is 0 Å². The molecule has 1 aliphatic carbocycles. The monoisotopic (exact) mass is 392 g/mol. The fourth-order valence-electron chi connectivity index (χ4n) is 2.41. The maximum absolute atomic E-state index is 12.7. The van der Waals surface area contributed by atoms with Gasteiger partial charge in [0.15, 0.2) is 0 Å². The zero-order chi connectivity index (χ0) is 16.5. The highest BCUT2D eigenvalue weighted by molar-refractivity contribution is 7.89. The van der Waals surface area contributed by atoms with Crippen LogP contribution in [0.15, 0.2) is 23.1 Å². The second-order valence-corrected chi connectivity index (χ2v) is 7.47. The summed E-state index contributed by atoms with van der Waals surface area (Å²) in [7, 11) is -4.11. The molecule has 0 bridgehead atoms. The molecule has 0 radical (unpaired) electrons. The van der Waals surface area contributed by atoms with Gasteiger partial charge in [-0.15, -0.1) is 12.4 Å². The molecule has 0 aliphatic heterocycles. The van der Waals surface area contributed by atoms with E-state index in [1.807, 2.05) is 0 Å². The predicted octanol–water partition coefficient (Wildman–Crippen LogP) is 3.33. The Hall–Kier alpha value is -0.540. The molecule has 3 N–H and O–H groups in total. The summed E-state index contributed by atoms with van der Waals surface area (Å²) in [6, 6.07) is 1.95. The first-order chi connectivity index (χ1) is 10.1. The lowest BCUT2D eigenvalue weighted by molar-refractivity contribution is -0.137. The third-order valence-corrected chi connectivity index (χ3v) is 5.64. The molecule has 23 heavy (non-hydrogen) atoms. The topological polar surface area (TPSA) is 72.2 Å². The third-order valence-electron chi connectivity index (χ3n) is 3.64. The van der Waals surface area contributed by atoms with Crippen LogP contribution in [-0.2, 0) is 16.2 Å². The van der Waals surface area contributed by atoms with Crippen molar-refractivity contribution in [2.45, 2.75) is 48.8 Å². The van der Waals surface area contributed by atoms with Gasteiger partial charge in [0.05, 0.1) is 10.6 Å². The van der Waals surface area contributed by atoms with E-state index in [1.54, 1.807) is 0 Å². The molecule has 2 rings (SSSR count). The third kappa shape index (κ3) is 5.22. The molecular weight excluding hydrogens is 376 g/mol. The summed E-state index contributed by atoms with van der Waals surface area (Å²) in [5, 5.41) is -0.243. The second kappa shape index (κ2) is 7.57. The van der Waals surface area contributed by atoms with Gasteiger partial charge < -0.3 is 5.73 Å². The number of hydrogen-bond acceptors (Lipinski definition) is 3.